The molecule has 0 aliphatic heterocycles. The highest BCUT2D eigenvalue weighted by atomic mass is 16.2. The van der Waals surface area contributed by atoms with Crippen molar-refractivity contribution < 1.29 is 4.79 Å². The lowest BCUT2D eigenvalue weighted by molar-refractivity contribution is 0.0918. The molecular formula is C14H24N4O. The van der Waals surface area contributed by atoms with E-state index in [0.29, 0.717) is 24.7 Å². The molecule has 19 heavy (non-hydrogen) atoms. The standard InChI is InChI=1S/C14H24N4O/c1-3-11-8-13(18(4-2)17-11)14(19)16-12-7-5-6-10(12)9-15/h8,10,12H,3-7,9,15H2,1-2H3,(H,16,19). The number of hydrogen-bond acceptors (Lipinski definition) is 3. The molecule has 2 rings (SSSR count). The van der Waals surface area contributed by atoms with Gasteiger partial charge in [0.2, 0.25) is 0 Å². The molecule has 1 fully saturated rings. The van der Waals surface area contributed by atoms with E-state index < -0.39 is 0 Å². The number of aryl methyl sites for hydroxylation is 2. The fraction of sp³-hybridized carbons (Fsp3) is 0.714. The first-order chi connectivity index (χ1) is 9.19. The molecule has 0 aromatic carbocycles. The molecule has 1 aliphatic rings. The Morgan fingerprint density at radius 2 is 2.32 bits per heavy atom. The molecule has 1 aromatic heterocycles. The maximum Gasteiger partial charge on any atom is 0.269 e. The molecule has 1 amide bonds. The van der Waals surface area contributed by atoms with Gasteiger partial charge in [0, 0.05) is 12.6 Å². The van der Waals surface area contributed by atoms with Gasteiger partial charge in [-0.3, -0.25) is 9.48 Å². The van der Waals surface area contributed by atoms with Gasteiger partial charge in [-0.1, -0.05) is 13.3 Å². The zero-order chi connectivity index (χ0) is 13.8. The number of nitrogens with one attached hydrogen (secondary N) is 1. The van der Waals surface area contributed by atoms with E-state index in [1.165, 1.54) is 0 Å². The molecule has 0 bridgehead atoms. The average Bonchev–Trinajstić information content (AvgIpc) is 3.03. The summed E-state index contributed by atoms with van der Waals surface area (Å²) >= 11 is 0. The van der Waals surface area contributed by atoms with Crippen LogP contribution in [0.2, 0.25) is 0 Å². The number of nitrogens with two attached hydrogens (primary N) is 1. The number of carbonyl (C=O) groups excluding carboxylic acids is 1. The normalized spacial score (nSPS) is 22.7. The van der Waals surface area contributed by atoms with Crippen molar-refractivity contribution >= 4 is 5.91 Å². The number of rotatable bonds is 5. The van der Waals surface area contributed by atoms with Crippen molar-refractivity contribution in [1.29, 1.82) is 0 Å². The molecule has 2 unspecified atom stereocenters. The van der Waals surface area contributed by atoms with Gasteiger partial charge in [-0.25, -0.2) is 0 Å². The first-order valence-electron chi connectivity index (χ1n) is 7.27. The van der Waals surface area contributed by atoms with E-state index in [2.05, 4.69) is 10.4 Å². The largest absolute Gasteiger partial charge is 0.348 e. The summed E-state index contributed by atoms with van der Waals surface area (Å²) in [6.45, 7) is 5.42. The zero-order valence-corrected chi connectivity index (χ0v) is 11.9. The minimum Gasteiger partial charge on any atom is -0.348 e. The van der Waals surface area contributed by atoms with Crippen LogP contribution < -0.4 is 11.1 Å². The lowest BCUT2D eigenvalue weighted by Crippen LogP contribution is -2.40. The molecule has 0 radical (unpaired) electrons. The van der Waals surface area contributed by atoms with Crippen LogP contribution in [-0.4, -0.2) is 28.3 Å². The van der Waals surface area contributed by atoms with Gasteiger partial charge in [0.05, 0.1) is 5.69 Å². The van der Waals surface area contributed by atoms with Gasteiger partial charge in [0.15, 0.2) is 0 Å². The van der Waals surface area contributed by atoms with Crippen molar-refractivity contribution in [3.63, 3.8) is 0 Å². The Morgan fingerprint density at radius 3 is 2.95 bits per heavy atom. The maximum absolute atomic E-state index is 12.4. The minimum atomic E-state index is -0.0144. The lowest BCUT2D eigenvalue weighted by Gasteiger charge is -2.19. The highest BCUT2D eigenvalue weighted by Crippen LogP contribution is 2.24. The highest BCUT2D eigenvalue weighted by molar-refractivity contribution is 5.92. The number of nitrogens with zero attached hydrogens (tertiary/aromatic N) is 2. The predicted molar refractivity (Wildman–Crippen MR) is 74.9 cm³/mol. The Balaban J connectivity index is 2.09. The van der Waals surface area contributed by atoms with E-state index in [-0.39, 0.29) is 11.9 Å². The SMILES string of the molecule is CCc1cc(C(=O)NC2CCCC2CN)n(CC)n1. The van der Waals surface area contributed by atoms with E-state index >= 15 is 0 Å². The van der Waals surface area contributed by atoms with Crippen LogP contribution in [0.25, 0.3) is 0 Å². The number of carbonyl (C=O) groups is 1. The second kappa shape index (κ2) is 6.19. The van der Waals surface area contributed by atoms with Crippen molar-refractivity contribution in [1.82, 2.24) is 15.1 Å². The molecule has 5 heteroatoms. The number of aromatic nitrogens is 2. The summed E-state index contributed by atoms with van der Waals surface area (Å²) < 4.78 is 1.78. The van der Waals surface area contributed by atoms with Crippen LogP contribution in [0.5, 0.6) is 0 Å². The monoisotopic (exact) mass is 264 g/mol. The Bertz CT molecular complexity index is 441. The molecule has 1 heterocycles. The predicted octanol–water partition coefficient (Wildman–Crippen LogP) is 1.32. The summed E-state index contributed by atoms with van der Waals surface area (Å²) in [6.07, 6.45) is 4.16. The molecule has 1 aromatic rings. The topological polar surface area (TPSA) is 72.9 Å². The van der Waals surface area contributed by atoms with Gasteiger partial charge < -0.3 is 11.1 Å². The fourth-order valence-corrected chi connectivity index (χ4v) is 2.82. The third-order valence-corrected chi connectivity index (χ3v) is 4.00. The molecule has 1 saturated carbocycles. The van der Waals surface area contributed by atoms with E-state index in [1.807, 2.05) is 19.9 Å². The van der Waals surface area contributed by atoms with Crippen LogP contribution in [-0.2, 0) is 13.0 Å². The summed E-state index contributed by atoms with van der Waals surface area (Å²) in [7, 11) is 0. The van der Waals surface area contributed by atoms with Crippen molar-refractivity contribution in [3.05, 3.63) is 17.5 Å². The quantitative estimate of drug-likeness (QED) is 0.842. The molecule has 1 aliphatic carbocycles. The molecule has 2 atom stereocenters. The lowest BCUT2D eigenvalue weighted by atomic mass is 10.0. The Kier molecular flexibility index (Phi) is 4.58. The smallest absolute Gasteiger partial charge is 0.269 e. The van der Waals surface area contributed by atoms with Crippen molar-refractivity contribution in [2.75, 3.05) is 6.54 Å². The van der Waals surface area contributed by atoms with Crippen molar-refractivity contribution in [2.24, 2.45) is 11.7 Å². The van der Waals surface area contributed by atoms with Crippen LogP contribution >= 0.6 is 0 Å². The molecule has 0 saturated heterocycles. The summed E-state index contributed by atoms with van der Waals surface area (Å²) in [5.41, 5.74) is 7.39. The summed E-state index contributed by atoms with van der Waals surface area (Å²) in [6, 6.07) is 2.12. The number of amides is 1. The highest BCUT2D eigenvalue weighted by Gasteiger charge is 2.28. The molecule has 0 spiro atoms. The maximum atomic E-state index is 12.4. The Labute approximate surface area is 114 Å². The summed E-state index contributed by atoms with van der Waals surface area (Å²) in [5.74, 6) is 0.409. The van der Waals surface area contributed by atoms with Gasteiger partial charge in [-0.2, -0.15) is 5.10 Å². The summed E-state index contributed by atoms with van der Waals surface area (Å²) in [4.78, 5) is 12.4. The van der Waals surface area contributed by atoms with Gasteiger partial charge in [-0.15, -0.1) is 0 Å². The van der Waals surface area contributed by atoms with Gasteiger partial charge in [0.25, 0.3) is 5.91 Å². The summed E-state index contributed by atoms with van der Waals surface area (Å²) in [5, 5.41) is 7.54. The van der Waals surface area contributed by atoms with Crippen LogP contribution in [0.3, 0.4) is 0 Å². The second-order valence-electron chi connectivity index (χ2n) is 5.20. The first kappa shape index (κ1) is 14.1. The van der Waals surface area contributed by atoms with Crippen molar-refractivity contribution in [3.8, 4) is 0 Å². The van der Waals surface area contributed by atoms with Crippen LogP contribution in [0.1, 0.15) is 49.3 Å². The zero-order valence-electron chi connectivity index (χ0n) is 11.9. The average molecular weight is 264 g/mol. The molecule has 5 nitrogen and oxygen atoms in total. The van der Waals surface area contributed by atoms with Gasteiger partial charge in [0.1, 0.15) is 5.69 Å². The van der Waals surface area contributed by atoms with E-state index in [1.54, 1.807) is 4.68 Å². The Hall–Kier alpha value is -1.36. The molecular weight excluding hydrogens is 240 g/mol. The van der Waals surface area contributed by atoms with E-state index in [0.717, 1.165) is 31.4 Å². The van der Waals surface area contributed by atoms with E-state index in [4.69, 9.17) is 5.73 Å². The van der Waals surface area contributed by atoms with E-state index in [9.17, 15) is 4.79 Å². The van der Waals surface area contributed by atoms with Gasteiger partial charge >= 0.3 is 0 Å². The third-order valence-electron chi connectivity index (χ3n) is 4.00. The van der Waals surface area contributed by atoms with Crippen LogP contribution in [0.4, 0.5) is 0 Å². The fourth-order valence-electron chi connectivity index (χ4n) is 2.82. The first-order valence-corrected chi connectivity index (χ1v) is 7.27. The minimum absolute atomic E-state index is 0.0144. The third kappa shape index (κ3) is 2.97. The van der Waals surface area contributed by atoms with Crippen LogP contribution in [0, 0.1) is 5.92 Å². The molecule has 3 N–H and O–H groups in total. The van der Waals surface area contributed by atoms with Crippen molar-refractivity contribution in [2.45, 2.75) is 52.1 Å². The Morgan fingerprint density at radius 1 is 1.53 bits per heavy atom. The second-order valence-corrected chi connectivity index (χ2v) is 5.20. The van der Waals surface area contributed by atoms with Gasteiger partial charge in [-0.05, 0) is 44.7 Å². The van der Waals surface area contributed by atoms with Crippen LogP contribution in [0.15, 0.2) is 6.07 Å². The number of hydrogen-bond donors (Lipinski definition) is 2. The molecule has 106 valence electrons.